The summed E-state index contributed by atoms with van der Waals surface area (Å²) in [5, 5.41) is 0.998. The minimum absolute atomic E-state index is 0.0377. The van der Waals surface area contributed by atoms with Gasteiger partial charge >= 0.3 is 0 Å². The van der Waals surface area contributed by atoms with Gasteiger partial charge in [-0.3, -0.25) is 19.3 Å². The summed E-state index contributed by atoms with van der Waals surface area (Å²) in [5.74, 6) is -0.418. The van der Waals surface area contributed by atoms with Gasteiger partial charge in [0.2, 0.25) is 11.8 Å². The van der Waals surface area contributed by atoms with E-state index in [1.54, 1.807) is 47.4 Å². The highest BCUT2D eigenvalue weighted by molar-refractivity contribution is 7.98. The molecule has 3 amide bonds. The van der Waals surface area contributed by atoms with Crippen LogP contribution in [0.3, 0.4) is 0 Å². The molecule has 1 aromatic heterocycles. The average molecular weight is 467 g/mol. The normalized spacial score (nSPS) is 17.0. The van der Waals surface area contributed by atoms with Gasteiger partial charge in [-0.2, -0.15) is 0 Å². The molecule has 0 saturated carbocycles. The highest BCUT2D eigenvalue weighted by Crippen LogP contribution is 2.34. The molecular formula is C23H22N4O3S2. The average Bonchev–Trinajstić information content (AvgIpc) is 3.41. The number of amides is 3. The third-order valence-electron chi connectivity index (χ3n) is 5.85. The molecule has 164 valence electrons. The van der Waals surface area contributed by atoms with Crippen molar-refractivity contribution < 1.29 is 14.4 Å². The molecule has 0 radical (unpaired) electrons. The molecule has 2 fully saturated rings. The second-order valence-electron chi connectivity index (χ2n) is 7.75. The van der Waals surface area contributed by atoms with Crippen LogP contribution in [0.5, 0.6) is 0 Å². The number of imide groups is 1. The fourth-order valence-corrected chi connectivity index (χ4v) is 5.78. The van der Waals surface area contributed by atoms with E-state index in [4.69, 9.17) is 4.98 Å². The quantitative estimate of drug-likeness (QED) is 0.432. The smallest absolute Gasteiger partial charge is 0.253 e. The summed E-state index contributed by atoms with van der Waals surface area (Å²) in [4.78, 5) is 48.1. The van der Waals surface area contributed by atoms with Crippen LogP contribution in [0, 0.1) is 0 Å². The Morgan fingerprint density at radius 3 is 2.31 bits per heavy atom. The molecule has 0 spiro atoms. The van der Waals surface area contributed by atoms with Crippen molar-refractivity contribution in [1.29, 1.82) is 0 Å². The van der Waals surface area contributed by atoms with Crippen LogP contribution < -0.4 is 9.80 Å². The summed E-state index contributed by atoms with van der Waals surface area (Å²) in [6.07, 6.45) is 2.56. The predicted molar refractivity (Wildman–Crippen MR) is 128 cm³/mol. The van der Waals surface area contributed by atoms with Gasteiger partial charge in [0.1, 0.15) is 0 Å². The standard InChI is InChI=1S/C23H22N4O3S2/c1-31-17-3-2-4-18-21(17)24-23(32-18)26-13-11-25(12-14-26)22(30)15-5-7-16(8-6-15)27-19(28)9-10-20(27)29/h2-8H,9-14H2,1H3. The number of rotatable bonds is 4. The number of hydrogen-bond donors (Lipinski definition) is 0. The molecule has 0 atom stereocenters. The van der Waals surface area contributed by atoms with Crippen molar-refractivity contribution in [2.75, 3.05) is 42.2 Å². The van der Waals surface area contributed by atoms with E-state index in [0.29, 0.717) is 24.3 Å². The van der Waals surface area contributed by atoms with Crippen molar-refractivity contribution >= 4 is 61.9 Å². The number of carbonyl (C=O) groups is 3. The lowest BCUT2D eigenvalue weighted by atomic mass is 10.1. The maximum absolute atomic E-state index is 13.0. The molecule has 2 saturated heterocycles. The third kappa shape index (κ3) is 3.75. The first-order valence-corrected chi connectivity index (χ1v) is 12.5. The number of thioether (sulfide) groups is 1. The molecule has 0 bridgehead atoms. The molecule has 2 aromatic carbocycles. The molecule has 2 aliphatic rings. The van der Waals surface area contributed by atoms with E-state index in [1.807, 2.05) is 4.90 Å². The Morgan fingerprint density at radius 2 is 1.66 bits per heavy atom. The summed E-state index contributed by atoms with van der Waals surface area (Å²) < 4.78 is 1.18. The zero-order chi connectivity index (χ0) is 22.2. The van der Waals surface area contributed by atoms with E-state index in [1.165, 1.54) is 14.5 Å². The maximum atomic E-state index is 13.0. The Morgan fingerprint density at radius 1 is 0.969 bits per heavy atom. The number of fused-ring (bicyclic) bond motifs is 1. The van der Waals surface area contributed by atoms with Crippen LogP contribution in [-0.2, 0) is 9.59 Å². The van der Waals surface area contributed by atoms with E-state index in [0.717, 1.165) is 23.7 Å². The second-order valence-corrected chi connectivity index (χ2v) is 9.61. The lowest BCUT2D eigenvalue weighted by Crippen LogP contribution is -2.48. The van der Waals surface area contributed by atoms with Gasteiger partial charge in [0.15, 0.2) is 5.13 Å². The molecule has 0 aliphatic carbocycles. The zero-order valence-corrected chi connectivity index (χ0v) is 19.2. The Hall–Kier alpha value is -2.91. The number of aromatic nitrogens is 1. The summed E-state index contributed by atoms with van der Waals surface area (Å²) in [6, 6.07) is 13.0. The van der Waals surface area contributed by atoms with E-state index in [9.17, 15) is 14.4 Å². The van der Waals surface area contributed by atoms with Gasteiger partial charge in [-0.1, -0.05) is 17.4 Å². The highest BCUT2D eigenvalue weighted by Gasteiger charge is 2.30. The van der Waals surface area contributed by atoms with E-state index >= 15 is 0 Å². The van der Waals surface area contributed by atoms with Gasteiger partial charge < -0.3 is 9.80 Å². The molecule has 3 aromatic rings. The molecule has 0 N–H and O–H groups in total. The van der Waals surface area contributed by atoms with Crippen LogP contribution in [-0.4, -0.2) is 60.0 Å². The minimum atomic E-state index is -0.190. The largest absolute Gasteiger partial charge is 0.345 e. The number of piperazine rings is 1. The Kier molecular flexibility index (Phi) is 5.60. The van der Waals surface area contributed by atoms with Crippen molar-refractivity contribution in [1.82, 2.24) is 9.88 Å². The highest BCUT2D eigenvalue weighted by atomic mass is 32.2. The van der Waals surface area contributed by atoms with Crippen LogP contribution in [0.15, 0.2) is 47.4 Å². The first kappa shape index (κ1) is 21.0. The molecule has 9 heteroatoms. The number of para-hydroxylation sites is 1. The SMILES string of the molecule is CSc1cccc2sc(N3CCN(C(=O)c4ccc(N5C(=O)CCC5=O)cc4)CC3)nc12. The van der Waals surface area contributed by atoms with Crippen LogP contribution >= 0.6 is 23.1 Å². The lowest BCUT2D eigenvalue weighted by Gasteiger charge is -2.34. The fourth-order valence-electron chi connectivity index (χ4n) is 4.11. The molecule has 7 nitrogen and oxygen atoms in total. The third-order valence-corrected chi connectivity index (χ3v) is 7.70. The first-order valence-electron chi connectivity index (χ1n) is 10.5. The Balaban J connectivity index is 1.25. The first-order chi connectivity index (χ1) is 15.5. The molecular weight excluding hydrogens is 444 g/mol. The molecule has 2 aliphatic heterocycles. The molecule has 5 rings (SSSR count). The monoisotopic (exact) mass is 466 g/mol. The summed E-state index contributed by atoms with van der Waals surface area (Å²) in [6.45, 7) is 2.70. The van der Waals surface area contributed by atoms with Crippen molar-refractivity contribution in [2.24, 2.45) is 0 Å². The molecule has 3 heterocycles. The van der Waals surface area contributed by atoms with Crippen LogP contribution in [0.4, 0.5) is 10.8 Å². The van der Waals surface area contributed by atoms with Gasteiger partial charge in [0.25, 0.3) is 5.91 Å². The fraction of sp³-hybridized carbons (Fsp3) is 0.304. The summed E-state index contributed by atoms with van der Waals surface area (Å²) >= 11 is 3.39. The van der Waals surface area contributed by atoms with Gasteiger partial charge in [0.05, 0.1) is 15.9 Å². The van der Waals surface area contributed by atoms with Gasteiger partial charge in [-0.25, -0.2) is 4.98 Å². The summed E-state index contributed by atoms with van der Waals surface area (Å²) in [5.41, 5.74) is 2.14. The molecule has 32 heavy (non-hydrogen) atoms. The summed E-state index contributed by atoms with van der Waals surface area (Å²) in [7, 11) is 0. The van der Waals surface area contributed by atoms with Gasteiger partial charge in [-0.15, -0.1) is 11.8 Å². The topological polar surface area (TPSA) is 73.8 Å². The van der Waals surface area contributed by atoms with E-state index in [2.05, 4.69) is 29.4 Å². The van der Waals surface area contributed by atoms with Crippen LogP contribution in [0.2, 0.25) is 0 Å². The van der Waals surface area contributed by atoms with Crippen molar-refractivity contribution in [3.63, 3.8) is 0 Å². The number of benzene rings is 2. The Labute approximate surface area is 194 Å². The minimum Gasteiger partial charge on any atom is -0.345 e. The van der Waals surface area contributed by atoms with Crippen molar-refractivity contribution in [3.8, 4) is 0 Å². The zero-order valence-electron chi connectivity index (χ0n) is 17.6. The predicted octanol–water partition coefficient (Wildman–Crippen LogP) is 3.63. The number of carbonyl (C=O) groups excluding carboxylic acids is 3. The van der Waals surface area contributed by atoms with Crippen LogP contribution in [0.1, 0.15) is 23.2 Å². The van der Waals surface area contributed by atoms with Crippen molar-refractivity contribution in [2.45, 2.75) is 17.7 Å². The van der Waals surface area contributed by atoms with E-state index < -0.39 is 0 Å². The maximum Gasteiger partial charge on any atom is 0.253 e. The van der Waals surface area contributed by atoms with Crippen LogP contribution in [0.25, 0.3) is 10.2 Å². The second kappa shape index (κ2) is 8.55. The van der Waals surface area contributed by atoms with E-state index in [-0.39, 0.29) is 30.6 Å². The molecule has 0 unspecified atom stereocenters. The number of anilines is 2. The van der Waals surface area contributed by atoms with Gasteiger partial charge in [-0.05, 0) is 42.7 Å². The lowest BCUT2D eigenvalue weighted by molar-refractivity contribution is -0.121. The Bertz CT molecular complexity index is 1180. The van der Waals surface area contributed by atoms with Gasteiger partial charge in [0, 0.05) is 49.5 Å². The number of nitrogens with zero attached hydrogens (tertiary/aromatic N) is 4. The number of hydrogen-bond acceptors (Lipinski definition) is 7. The van der Waals surface area contributed by atoms with Crippen molar-refractivity contribution in [3.05, 3.63) is 48.0 Å². The number of thiazole rings is 1.